The van der Waals surface area contributed by atoms with Crippen molar-refractivity contribution in [2.24, 2.45) is 0 Å². The summed E-state index contributed by atoms with van der Waals surface area (Å²) in [6.45, 7) is 1.42. The Kier molecular flexibility index (Phi) is 6.28. The molecule has 30 heavy (non-hydrogen) atoms. The second-order valence-electron chi connectivity index (χ2n) is 5.99. The van der Waals surface area contributed by atoms with Crippen LogP contribution in [0.2, 0.25) is 0 Å². The number of halogens is 1. The number of non-ortho nitro benzene ring substituents is 1. The number of hydrogen-bond acceptors (Lipinski definition) is 6. The molecule has 1 aromatic heterocycles. The molecule has 0 unspecified atom stereocenters. The zero-order valence-corrected chi connectivity index (χ0v) is 16.4. The maximum atomic E-state index is 13.8. The second-order valence-corrected chi connectivity index (χ2v) is 6.83. The Balaban J connectivity index is 1.74. The third-order valence-electron chi connectivity index (χ3n) is 3.85. The molecule has 0 aliphatic carbocycles. The minimum atomic E-state index is -0.793. The van der Waals surface area contributed by atoms with Gasteiger partial charge in [0.1, 0.15) is 5.82 Å². The Morgan fingerprint density at radius 2 is 1.97 bits per heavy atom. The van der Waals surface area contributed by atoms with Gasteiger partial charge in [-0.1, -0.05) is 18.2 Å². The molecule has 3 aromatic rings. The van der Waals surface area contributed by atoms with Crippen LogP contribution in [0, 0.1) is 15.9 Å². The minimum Gasteiger partial charge on any atom is -0.320 e. The summed E-state index contributed by atoms with van der Waals surface area (Å²) in [5, 5.41) is 15.1. The van der Waals surface area contributed by atoms with Crippen LogP contribution in [-0.2, 0) is 9.59 Å². The Bertz CT molecular complexity index is 1130. The summed E-state index contributed by atoms with van der Waals surface area (Å²) in [5.41, 5.74) is 0.440. The number of rotatable bonds is 6. The molecular weight excluding hydrogens is 411 g/mol. The van der Waals surface area contributed by atoms with E-state index >= 15 is 0 Å². The van der Waals surface area contributed by atoms with Crippen molar-refractivity contribution in [1.29, 1.82) is 0 Å². The van der Waals surface area contributed by atoms with Crippen LogP contribution in [0.5, 0.6) is 0 Å². The molecular formula is C20H15FN4O4S. The fourth-order valence-corrected chi connectivity index (χ4v) is 3.37. The summed E-state index contributed by atoms with van der Waals surface area (Å²) < 4.78 is 13.8. The summed E-state index contributed by atoms with van der Waals surface area (Å²) in [6.07, 6.45) is 2.52. The van der Waals surface area contributed by atoms with Gasteiger partial charge >= 0.3 is 0 Å². The van der Waals surface area contributed by atoms with Crippen LogP contribution in [0.25, 0.3) is 6.08 Å². The molecule has 0 saturated carbocycles. The maximum absolute atomic E-state index is 13.8. The van der Waals surface area contributed by atoms with Gasteiger partial charge in [-0.15, -0.1) is 11.3 Å². The average Bonchev–Trinajstić information content (AvgIpc) is 3.17. The number of para-hydroxylation sites is 1. The topological polar surface area (TPSA) is 105 Å². The molecule has 0 spiro atoms. The van der Waals surface area contributed by atoms with Crippen LogP contribution < -0.4 is 10.2 Å². The molecule has 0 radical (unpaired) electrons. The molecule has 2 aromatic carbocycles. The van der Waals surface area contributed by atoms with Crippen molar-refractivity contribution in [3.8, 4) is 0 Å². The number of thiazole rings is 1. The molecule has 8 nitrogen and oxygen atoms in total. The van der Waals surface area contributed by atoms with E-state index in [-0.39, 0.29) is 17.3 Å². The highest BCUT2D eigenvalue weighted by molar-refractivity contribution is 7.14. The van der Waals surface area contributed by atoms with Crippen molar-refractivity contribution >= 4 is 51.4 Å². The number of aromatic nitrogens is 1. The molecule has 0 aliphatic heterocycles. The lowest BCUT2D eigenvalue weighted by Crippen LogP contribution is -2.22. The summed E-state index contributed by atoms with van der Waals surface area (Å²) >= 11 is 1.22. The molecule has 0 aliphatic rings. The molecule has 152 valence electrons. The summed E-state index contributed by atoms with van der Waals surface area (Å²) in [5.74, 6) is -1.70. The lowest BCUT2D eigenvalue weighted by atomic mass is 10.2. The molecule has 0 fully saturated rings. The van der Waals surface area contributed by atoms with Gasteiger partial charge in [0.05, 0.1) is 22.0 Å². The first kappa shape index (κ1) is 20.8. The van der Waals surface area contributed by atoms with E-state index in [1.54, 1.807) is 29.6 Å². The Morgan fingerprint density at radius 3 is 2.63 bits per heavy atom. The van der Waals surface area contributed by atoms with Crippen molar-refractivity contribution in [2.45, 2.75) is 6.92 Å². The Labute approximate surface area is 174 Å². The number of nitrogens with zero attached hydrogens (tertiary/aromatic N) is 3. The van der Waals surface area contributed by atoms with Gasteiger partial charge in [-0.3, -0.25) is 24.6 Å². The van der Waals surface area contributed by atoms with Gasteiger partial charge in [0.15, 0.2) is 5.13 Å². The van der Waals surface area contributed by atoms with Crippen LogP contribution in [0.3, 0.4) is 0 Å². The van der Waals surface area contributed by atoms with Crippen molar-refractivity contribution in [1.82, 2.24) is 4.98 Å². The maximum Gasteiger partial charge on any atom is 0.271 e. The monoisotopic (exact) mass is 426 g/mol. The highest BCUT2D eigenvalue weighted by Crippen LogP contribution is 2.29. The average molecular weight is 426 g/mol. The molecule has 3 rings (SSSR count). The molecule has 10 heteroatoms. The predicted octanol–water partition coefficient (Wildman–Crippen LogP) is 4.53. The highest BCUT2D eigenvalue weighted by Gasteiger charge is 2.17. The van der Waals surface area contributed by atoms with Crippen molar-refractivity contribution in [3.05, 3.63) is 81.6 Å². The van der Waals surface area contributed by atoms with Crippen LogP contribution in [-0.4, -0.2) is 21.7 Å². The first-order valence-electron chi connectivity index (χ1n) is 8.59. The van der Waals surface area contributed by atoms with Gasteiger partial charge in [-0.25, -0.2) is 9.37 Å². The number of amides is 2. The van der Waals surface area contributed by atoms with Gasteiger partial charge in [0.25, 0.3) is 5.69 Å². The normalized spacial score (nSPS) is 10.7. The lowest BCUT2D eigenvalue weighted by molar-refractivity contribution is -0.384. The largest absolute Gasteiger partial charge is 0.320 e. The van der Waals surface area contributed by atoms with E-state index < -0.39 is 16.6 Å². The molecule has 1 N–H and O–H groups in total. The molecule has 0 bridgehead atoms. The van der Waals surface area contributed by atoms with Crippen LogP contribution in [0.4, 0.5) is 26.6 Å². The second kappa shape index (κ2) is 9.05. The van der Waals surface area contributed by atoms with Crippen LogP contribution in [0.1, 0.15) is 12.6 Å². The van der Waals surface area contributed by atoms with E-state index in [1.807, 2.05) is 6.07 Å². The number of nitrogens with one attached hydrogen (secondary N) is 1. The summed E-state index contributed by atoms with van der Waals surface area (Å²) in [6, 6.07) is 11.8. The zero-order chi connectivity index (χ0) is 21.7. The van der Waals surface area contributed by atoms with Gasteiger partial charge < -0.3 is 5.32 Å². The smallest absolute Gasteiger partial charge is 0.271 e. The van der Waals surface area contributed by atoms with Gasteiger partial charge in [-0.05, 0) is 24.3 Å². The molecule has 1 heterocycles. The van der Waals surface area contributed by atoms with Crippen LogP contribution >= 0.6 is 11.3 Å². The van der Waals surface area contributed by atoms with E-state index in [0.717, 1.165) is 24.3 Å². The van der Waals surface area contributed by atoms with E-state index in [9.17, 15) is 24.1 Å². The summed E-state index contributed by atoms with van der Waals surface area (Å²) in [4.78, 5) is 40.0. The molecule has 0 saturated heterocycles. The SMILES string of the molecule is CC(=O)N(c1ccccc1)c1nc(/C=C/C(=O)Nc2cc([N+](=O)[O-])ccc2F)cs1. The zero-order valence-electron chi connectivity index (χ0n) is 15.6. The minimum absolute atomic E-state index is 0.218. The number of carbonyl (C=O) groups excluding carboxylic acids is 2. The van der Waals surface area contributed by atoms with Crippen LogP contribution in [0.15, 0.2) is 60.0 Å². The third-order valence-corrected chi connectivity index (χ3v) is 4.70. The fourth-order valence-electron chi connectivity index (χ4n) is 2.52. The predicted molar refractivity (Wildman–Crippen MR) is 112 cm³/mol. The van der Waals surface area contributed by atoms with Gasteiger partial charge in [0, 0.05) is 30.5 Å². The quantitative estimate of drug-likeness (QED) is 0.354. The first-order chi connectivity index (χ1) is 14.3. The fraction of sp³-hybridized carbons (Fsp3) is 0.0500. The van der Waals surface area contributed by atoms with Crippen molar-refractivity contribution in [2.75, 3.05) is 10.2 Å². The van der Waals surface area contributed by atoms with E-state index in [1.165, 1.54) is 29.2 Å². The standard InChI is InChI=1S/C20H15FN4O4S/c1-13(26)24(15-5-3-2-4-6-15)20-22-14(12-30-20)7-10-19(27)23-18-11-16(25(28)29)8-9-17(18)21/h2-12H,1H3,(H,23,27)/b10-7+. The first-order valence-corrected chi connectivity index (χ1v) is 9.47. The number of nitro groups is 1. The lowest BCUT2D eigenvalue weighted by Gasteiger charge is -2.17. The van der Waals surface area contributed by atoms with Gasteiger partial charge in [-0.2, -0.15) is 0 Å². The number of benzene rings is 2. The number of anilines is 3. The van der Waals surface area contributed by atoms with Gasteiger partial charge in [0.2, 0.25) is 11.8 Å². The van der Waals surface area contributed by atoms with E-state index in [0.29, 0.717) is 16.5 Å². The highest BCUT2D eigenvalue weighted by atomic mass is 32.1. The van der Waals surface area contributed by atoms with E-state index in [4.69, 9.17) is 0 Å². The summed E-state index contributed by atoms with van der Waals surface area (Å²) in [7, 11) is 0. The molecule has 2 amide bonds. The number of nitro benzene ring substituents is 1. The van der Waals surface area contributed by atoms with E-state index in [2.05, 4.69) is 10.3 Å². The van der Waals surface area contributed by atoms with Crippen molar-refractivity contribution in [3.63, 3.8) is 0 Å². The number of carbonyl (C=O) groups is 2. The van der Waals surface area contributed by atoms with Crippen molar-refractivity contribution < 1.29 is 18.9 Å². The third kappa shape index (κ3) is 4.92. The molecule has 0 atom stereocenters. The number of hydrogen-bond donors (Lipinski definition) is 1. The Morgan fingerprint density at radius 1 is 1.23 bits per heavy atom. The Hall–Kier alpha value is -3.92.